The Labute approximate surface area is 94.8 Å². The molecule has 0 fully saturated rings. The molecule has 2 rings (SSSR count). The predicted molar refractivity (Wildman–Crippen MR) is 59.0 cm³/mol. The molecule has 0 aliphatic rings. The number of rotatable bonds is 0. The maximum atomic E-state index is 5.81. The Hall–Kier alpha value is -0.770. The number of nitrogens with two attached hydrogens (primary N) is 1. The van der Waals surface area contributed by atoms with Crippen LogP contribution in [-0.4, -0.2) is 9.97 Å². The third kappa shape index (κ3) is 1.59. The molecule has 2 N–H and O–H groups in total. The number of anilines is 1. The number of hydrogen-bond acceptors (Lipinski definition) is 3. The molecular weight excluding hydrogens is 244 g/mol. The lowest BCUT2D eigenvalue weighted by Gasteiger charge is -2.02. The Bertz CT molecular complexity index is 423. The van der Waals surface area contributed by atoms with Gasteiger partial charge >= 0.3 is 0 Å². The monoisotopic (exact) mass is 247 g/mol. The molecule has 0 saturated heterocycles. The summed E-state index contributed by atoms with van der Waals surface area (Å²) >= 11 is 17.3. The van der Waals surface area contributed by atoms with Crippen LogP contribution in [0, 0.1) is 0 Å². The molecule has 1 aromatic carbocycles. The van der Waals surface area contributed by atoms with Crippen molar-refractivity contribution in [3.05, 3.63) is 27.3 Å². The summed E-state index contributed by atoms with van der Waals surface area (Å²) in [6, 6.07) is 3.19. The highest BCUT2D eigenvalue weighted by molar-refractivity contribution is 6.42. The zero-order chi connectivity index (χ0) is 10.3. The van der Waals surface area contributed by atoms with Gasteiger partial charge in [-0.3, -0.25) is 0 Å². The first-order chi connectivity index (χ1) is 6.58. The van der Waals surface area contributed by atoms with E-state index in [1.54, 1.807) is 12.1 Å². The highest BCUT2D eigenvalue weighted by Gasteiger charge is 2.06. The highest BCUT2D eigenvalue weighted by atomic mass is 35.5. The zero-order valence-electron chi connectivity index (χ0n) is 6.76. The summed E-state index contributed by atoms with van der Waals surface area (Å²) in [7, 11) is 0. The van der Waals surface area contributed by atoms with Gasteiger partial charge in [0.05, 0.1) is 21.1 Å². The van der Waals surface area contributed by atoms with Crippen LogP contribution in [0.4, 0.5) is 5.82 Å². The van der Waals surface area contributed by atoms with Crippen molar-refractivity contribution in [3.8, 4) is 0 Å². The number of benzene rings is 1. The van der Waals surface area contributed by atoms with Crippen LogP contribution in [0.25, 0.3) is 11.0 Å². The molecule has 2 aromatic rings. The van der Waals surface area contributed by atoms with Gasteiger partial charge in [0, 0.05) is 0 Å². The van der Waals surface area contributed by atoms with Crippen LogP contribution < -0.4 is 5.73 Å². The lowest BCUT2D eigenvalue weighted by atomic mass is 10.3. The smallest absolute Gasteiger partial charge is 0.171 e. The van der Waals surface area contributed by atoms with Gasteiger partial charge < -0.3 is 5.73 Å². The van der Waals surface area contributed by atoms with Crippen LogP contribution in [0.5, 0.6) is 0 Å². The quantitative estimate of drug-likeness (QED) is 0.779. The first-order valence-corrected chi connectivity index (χ1v) is 4.79. The number of hydrogen-bond donors (Lipinski definition) is 1. The minimum absolute atomic E-state index is 0.163. The third-order valence-corrected chi connectivity index (χ3v) is 2.69. The van der Waals surface area contributed by atoms with E-state index in [0.29, 0.717) is 21.1 Å². The Kier molecular flexibility index (Phi) is 2.39. The van der Waals surface area contributed by atoms with E-state index < -0.39 is 0 Å². The SMILES string of the molecule is Nc1nc2cc(Cl)c(Cl)cc2nc1Cl. The molecule has 0 aliphatic heterocycles. The van der Waals surface area contributed by atoms with E-state index in [1.165, 1.54) is 0 Å². The van der Waals surface area contributed by atoms with Crippen molar-refractivity contribution in [3.63, 3.8) is 0 Å². The Balaban J connectivity index is 2.83. The lowest BCUT2D eigenvalue weighted by Crippen LogP contribution is -1.95. The van der Waals surface area contributed by atoms with Crippen molar-refractivity contribution in [1.82, 2.24) is 9.97 Å². The van der Waals surface area contributed by atoms with Crippen molar-refractivity contribution in [2.45, 2.75) is 0 Å². The first kappa shape index (κ1) is 9.77. The van der Waals surface area contributed by atoms with Gasteiger partial charge in [0.25, 0.3) is 0 Å². The van der Waals surface area contributed by atoms with Crippen LogP contribution in [0.2, 0.25) is 15.2 Å². The molecule has 0 unspecified atom stereocenters. The van der Waals surface area contributed by atoms with Crippen LogP contribution in [-0.2, 0) is 0 Å². The average molecular weight is 248 g/mol. The fraction of sp³-hybridized carbons (Fsp3) is 0. The van der Waals surface area contributed by atoms with E-state index >= 15 is 0 Å². The zero-order valence-corrected chi connectivity index (χ0v) is 9.03. The molecule has 0 saturated carbocycles. The molecule has 1 heterocycles. The molecule has 3 nitrogen and oxygen atoms in total. The van der Waals surface area contributed by atoms with Crippen molar-refractivity contribution >= 4 is 51.7 Å². The molecule has 0 atom stereocenters. The molecule has 0 spiro atoms. The van der Waals surface area contributed by atoms with Crippen LogP contribution in [0.1, 0.15) is 0 Å². The summed E-state index contributed by atoms with van der Waals surface area (Å²) in [4.78, 5) is 8.03. The van der Waals surface area contributed by atoms with Crippen molar-refractivity contribution in [1.29, 1.82) is 0 Å². The van der Waals surface area contributed by atoms with E-state index in [1.807, 2.05) is 0 Å². The van der Waals surface area contributed by atoms with Gasteiger partial charge in [-0.15, -0.1) is 0 Å². The molecule has 0 radical (unpaired) electrons. The number of nitrogen functional groups attached to an aromatic ring is 1. The summed E-state index contributed by atoms with van der Waals surface area (Å²) in [5, 5.41) is 0.986. The number of nitrogens with zero attached hydrogens (tertiary/aromatic N) is 2. The molecular formula is C8H4Cl3N3. The van der Waals surface area contributed by atoms with Gasteiger partial charge in [-0.05, 0) is 12.1 Å². The largest absolute Gasteiger partial charge is 0.381 e. The first-order valence-electron chi connectivity index (χ1n) is 3.65. The number of fused-ring (bicyclic) bond motifs is 1. The second kappa shape index (κ2) is 3.42. The van der Waals surface area contributed by atoms with Gasteiger partial charge in [0.1, 0.15) is 0 Å². The minimum atomic E-state index is 0.163. The van der Waals surface area contributed by atoms with E-state index in [-0.39, 0.29) is 11.0 Å². The molecule has 1 aromatic heterocycles. The fourth-order valence-corrected chi connectivity index (χ4v) is 1.49. The van der Waals surface area contributed by atoms with Gasteiger partial charge in [-0.25, -0.2) is 9.97 Å². The normalized spacial score (nSPS) is 10.8. The van der Waals surface area contributed by atoms with Crippen LogP contribution in [0.3, 0.4) is 0 Å². The highest BCUT2D eigenvalue weighted by Crippen LogP contribution is 2.27. The Morgan fingerprint density at radius 1 is 0.929 bits per heavy atom. The van der Waals surface area contributed by atoms with Gasteiger partial charge in [-0.2, -0.15) is 0 Å². The molecule has 0 amide bonds. The van der Waals surface area contributed by atoms with Gasteiger partial charge in [0.2, 0.25) is 0 Å². The minimum Gasteiger partial charge on any atom is -0.381 e. The van der Waals surface area contributed by atoms with E-state index in [4.69, 9.17) is 40.5 Å². The van der Waals surface area contributed by atoms with E-state index in [9.17, 15) is 0 Å². The average Bonchev–Trinajstić information content (AvgIpc) is 2.11. The van der Waals surface area contributed by atoms with E-state index in [0.717, 1.165) is 0 Å². The number of halogens is 3. The van der Waals surface area contributed by atoms with Gasteiger partial charge in [-0.1, -0.05) is 34.8 Å². The van der Waals surface area contributed by atoms with Crippen LogP contribution in [0.15, 0.2) is 12.1 Å². The maximum absolute atomic E-state index is 5.81. The molecule has 72 valence electrons. The van der Waals surface area contributed by atoms with Crippen molar-refractivity contribution < 1.29 is 0 Å². The van der Waals surface area contributed by atoms with Crippen LogP contribution >= 0.6 is 34.8 Å². The van der Waals surface area contributed by atoms with Crippen molar-refractivity contribution in [2.24, 2.45) is 0 Å². The second-order valence-electron chi connectivity index (χ2n) is 2.65. The topological polar surface area (TPSA) is 51.8 Å². The Morgan fingerprint density at radius 2 is 1.43 bits per heavy atom. The summed E-state index contributed by atoms with van der Waals surface area (Å²) in [5.74, 6) is 0.178. The fourth-order valence-electron chi connectivity index (χ4n) is 1.04. The van der Waals surface area contributed by atoms with Crippen molar-refractivity contribution in [2.75, 3.05) is 5.73 Å². The molecule has 0 aliphatic carbocycles. The Morgan fingerprint density at radius 3 is 2.00 bits per heavy atom. The summed E-state index contributed by atoms with van der Waals surface area (Å²) in [5.41, 5.74) is 6.63. The summed E-state index contributed by atoms with van der Waals surface area (Å²) < 4.78 is 0. The number of aromatic nitrogens is 2. The van der Waals surface area contributed by atoms with E-state index in [2.05, 4.69) is 9.97 Å². The predicted octanol–water partition coefficient (Wildman–Crippen LogP) is 3.17. The summed E-state index contributed by atoms with van der Waals surface area (Å²) in [6.07, 6.45) is 0. The molecule has 14 heavy (non-hydrogen) atoms. The third-order valence-electron chi connectivity index (χ3n) is 1.69. The summed E-state index contributed by atoms with van der Waals surface area (Å²) in [6.45, 7) is 0. The maximum Gasteiger partial charge on any atom is 0.171 e. The molecule has 0 bridgehead atoms. The van der Waals surface area contributed by atoms with Gasteiger partial charge in [0.15, 0.2) is 11.0 Å². The molecule has 6 heteroatoms. The second-order valence-corrected chi connectivity index (χ2v) is 3.83. The standard InChI is InChI=1S/C8H4Cl3N3/c9-3-1-5-6(2-4(3)10)14-8(12)7(11)13-5/h1-2H,(H2,12,14). The lowest BCUT2D eigenvalue weighted by molar-refractivity contribution is 1.30.